The summed E-state index contributed by atoms with van der Waals surface area (Å²) < 4.78 is 0. The Morgan fingerprint density at radius 3 is 2.67 bits per heavy atom. The molecule has 0 atom stereocenters. The zero-order valence-electron chi connectivity index (χ0n) is 5.55. The first-order valence-electron chi connectivity index (χ1n) is 2.55. The average Bonchev–Trinajstić information content (AvgIpc) is 1.82. The lowest BCUT2D eigenvalue weighted by Crippen LogP contribution is -2.31. The Bertz CT molecular complexity index is 114. The number of amides is 1. The van der Waals surface area contributed by atoms with Gasteiger partial charge in [0, 0.05) is 14.1 Å². The Kier molecular flexibility index (Phi) is 3.96. The Morgan fingerprint density at radius 1 is 1.78 bits per heavy atom. The van der Waals surface area contributed by atoms with Crippen molar-refractivity contribution < 1.29 is 4.79 Å². The second kappa shape index (κ2) is 4.26. The maximum Gasteiger partial charge on any atom is 0.241 e. The molecule has 0 saturated heterocycles. The molecule has 0 spiro atoms. The van der Waals surface area contributed by atoms with E-state index in [0.29, 0.717) is 0 Å². The van der Waals surface area contributed by atoms with Crippen molar-refractivity contribution in [2.45, 2.75) is 0 Å². The molecule has 0 aromatic carbocycles. The molecular formula is C5H10N2OS. The van der Waals surface area contributed by atoms with Crippen LogP contribution < -0.4 is 5.32 Å². The van der Waals surface area contributed by atoms with Crippen molar-refractivity contribution in [3.8, 4) is 0 Å². The summed E-state index contributed by atoms with van der Waals surface area (Å²) in [4.78, 5) is 12.2. The van der Waals surface area contributed by atoms with E-state index in [1.165, 1.54) is 10.4 Å². The highest BCUT2D eigenvalue weighted by Gasteiger charge is 1.99. The lowest BCUT2D eigenvalue weighted by Gasteiger charge is -2.08. The highest BCUT2D eigenvalue weighted by Crippen LogP contribution is 1.73. The molecule has 9 heavy (non-hydrogen) atoms. The summed E-state index contributed by atoms with van der Waals surface area (Å²) in [6, 6.07) is 0. The van der Waals surface area contributed by atoms with Crippen molar-refractivity contribution in [1.29, 1.82) is 0 Å². The third-order valence-corrected chi connectivity index (χ3v) is 1.00. The van der Waals surface area contributed by atoms with E-state index < -0.39 is 0 Å². The van der Waals surface area contributed by atoms with Gasteiger partial charge in [-0.25, -0.2) is 0 Å². The number of carbonyl (C=O) groups excluding carboxylic acids is 1. The normalized spacial score (nSPS) is 8.22. The van der Waals surface area contributed by atoms with Crippen LogP contribution in [0, 0.1) is 0 Å². The first-order valence-corrected chi connectivity index (χ1v) is 3.03. The Morgan fingerprint density at radius 2 is 2.33 bits per heavy atom. The van der Waals surface area contributed by atoms with Gasteiger partial charge in [-0.1, -0.05) is 12.2 Å². The van der Waals surface area contributed by atoms with Gasteiger partial charge < -0.3 is 10.2 Å². The summed E-state index contributed by atoms with van der Waals surface area (Å²) in [5.74, 6) is 0.0242. The van der Waals surface area contributed by atoms with Crippen LogP contribution in [0.4, 0.5) is 0 Å². The van der Waals surface area contributed by atoms with Crippen LogP contribution in [0.15, 0.2) is 0 Å². The number of nitrogens with zero attached hydrogens (tertiary/aromatic N) is 1. The lowest BCUT2D eigenvalue weighted by molar-refractivity contribution is -0.127. The zero-order valence-corrected chi connectivity index (χ0v) is 6.36. The van der Waals surface area contributed by atoms with Gasteiger partial charge in [-0.05, 0) is 0 Å². The van der Waals surface area contributed by atoms with Crippen molar-refractivity contribution in [3.05, 3.63) is 0 Å². The van der Waals surface area contributed by atoms with E-state index in [0.717, 1.165) is 0 Å². The van der Waals surface area contributed by atoms with Crippen LogP contribution in [-0.4, -0.2) is 36.9 Å². The van der Waals surface area contributed by atoms with Gasteiger partial charge in [-0.15, -0.1) is 0 Å². The molecule has 52 valence electrons. The molecule has 0 aromatic heterocycles. The largest absolute Gasteiger partial charge is 0.373 e. The number of hydrogen-bond donors (Lipinski definition) is 1. The summed E-state index contributed by atoms with van der Waals surface area (Å²) >= 11 is 4.45. The molecule has 0 bridgehead atoms. The molecule has 0 rings (SSSR count). The summed E-state index contributed by atoms with van der Waals surface area (Å²) in [5.41, 5.74) is 1.33. The molecule has 0 fully saturated rings. The van der Waals surface area contributed by atoms with Crippen LogP contribution in [0.2, 0.25) is 0 Å². The van der Waals surface area contributed by atoms with Crippen molar-refractivity contribution in [1.82, 2.24) is 10.2 Å². The maximum absolute atomic E-state index is 10.7. The van der Waals surface area contributed by atoms with Gasteiger partial charge in [0.2, 0.25) is 5.91 Å². The van der Waals surface area contributed by atoms with Crippen LogP contribution in [0.5, 0.6) is 0 Å². The molecule has 0 radical (unpaired) electrons. The molecule has 0 aromatic rings. The van der Waals surface area contributed by atoms with Gasteiger partial charge in [-0.2, -0.15) is 0 Å². The van der Waals surface area contributed by atoms with Crippen LogP contribution >= 0.6 is 12.2 Å². The second-order valence-corrected chi connectivity index (χ2v) is 2.02. The number of likely N-dealkylation sites (N-methyl/N-ethyl adjacent to an activating group) is 1. The van der Waals surface area contributed by atoms with Gasteiger partial charge in [0.05, 0.1) is 12.0 Å². The Hall–Kier alpha value is -0.640. The smallest absolute Gasteiger partial charge is 0.241 e. The van der Waals surface area contributed by atoms with Crippen molar-refractivity contribution in [2.75, 3.05) is 20.6 Å². The van der Waals surface area contributed by atoms with Crippen LogP contribution in [0.3, 0.4) is 0 Å². The Labute approximate surface area is 60.0 Å². The number of carbonyl (C=O) groups is 1. The second-order valence-electron chi connectivity index (χ2n) is 1.79. The number of rotatable bonds is 3. The zero-order chi connectivity index (χ0) is 7.28. The first kappa shape index (κ1) is 8.36. The third-order valence-electron chi connectivity index (χ3n) is 0.835. The molecule has 0 heterocycles. The van der Waals surface area contributed by atoms with E-state index >= 15 is 0 Å². The third kappa shape index (κ3) is 3.90. The predicted molar refractivity (Wildman–Crippen MR) is 40.4 cm³/mol. The fourth-order valence-electron chi connectivity index (χ4n) is 0.287. The maximum atomic E-state index is 10.7. The standard InChI is InChI=1S/C5H10N2OS/c1-7(2)5(8)3-6-4-9/h4H,3H2,1-2H3,(H,6,9). The van der Waals surface area contributed by atoms with Crippen molar-refractivity contribution >= 4 is 23.6 Å². The monoisotopic (exact) mass is 146 g/mol. The van der Waals surface area contributed by atoms with Gasteiger partial charge in [-0.3, -0.25) is 4.79 Å². The van der Waals surface area contributed by atoms with E-state index in [2.05, 4.69) is 17.5 Å². The molecule has 0 saturated carbocycles. The fraction of sp³-hybridized carbons (Fsp3) is 0.600. The van der Waals surface area contributed by atoms with Crippen LogP contribution in [0.25, 0.3) is 0 Å². The SMILES string of the molecule is CN(C)C(=O)CNC=S. The van der Waals surface area contributed by atoms with E-state index in [4.69, 9.17) is 0 Å². The predicted octanol–water partition coefficient (Wildman–Crippen LogP) is -0.379. The number of hydrogen-bond acceptors (Lipinski definition) is 2. The van der Waals surface area contributed by atoms with Gasteiger partial charge in [0.15, 0.2) is 0 Å². The number of thiocarbonyl (C=S) groups is 1. The van der Waals surface area contributed by atoms with Gasteiger partial charge in [0.25, 0.3) is 0 Å². The highest BCUT2D eigenvalue weighted by molar-refractivity contribution is 7.78. The van der Waals surface area contributed by atoms with Crippen LogP contribution in [0.1, 0.15) is 0 Å². The van der Waals surface area contributed by atoms with Crippen LogP contribution in [-0.2, 0) is 4.79 Å². The molecular weight excluding hydrogens is 136 g/mol. The molecule has 1 amide bonds. The average molecular weight is 146 g/mol. The van der Waals surface area contributed by atoms with E-state index in [1.54, 1.807) is 14.1 Å². The van der Waals surface area contributed by atoms with E-state index in [-0.39, 0.29) is 12.5 Å². The van der Waals surface area contributed by atoms with Gasteiger partial charge >= 0.3 is 0 Å². The minimum atomic E-state index is 0.0242. The minimum absolute atomic E-state index is 0.0242. The van der Waals surface area contributed by atoms with Crippen molar-refractivity contribution in [2.24, 2.45) is 0 Å². The highest BCUT2D eigenvalue weighted by atomic mass is 32.1. The molecule has 1 N–H and O–H groups in total. The molecule has 0 unspecified atom stereocenters. The fourth-order valence-corrected chi connectivity index (χ4v) is 0.370. The Balaban J connectivity index is 3.38. The minimum Gasteiger partial charge on any atom is -0.373 e. The topological polar surface area (TPSA) is 32.3 Å². The molecule has 0 aliphatic rings. The van der Waals surface area contributed by atoms with E-state index in [1.807, 2.05) is 0 Å². The van der Waals surface area contributed by atoms with Crippen molar-refractivity contribution in [3.63, 3.8) is 0 Å². The van der Waals surface area contributed by atoms with Gasteiger partial charge in [0.1, 0.15) is 0 Å². The molecule has 0 aliphatic carbocycles. The summed E-state index contributed by atoms with van der Waals surface area (Å²) in [5, 5.41) is 2.63. The summed E-state index contributed by atoms with van der Waals surface area (Å²) in [7, 11) is 3.40. The summed E-state index contributed by atoms with van der Waals surface area (Å²) in [6.45, 7) is 0.288. The molecule has 4 heteroatoms. The molecule has 3 nitrogen and oxygen atoms in total. The first-order chi connectivity index (χ1) is 4.18. The number of nitrogens with one attached hydrogen (secondary N) is 1. The van der Waals surface area contributed by atoms with E-state index in [9.17, 15) is 4.79 Å². The quantitative estimate of drug-likeness (QED) is 0.551. The lowest BCUT2D eigenvalue weighted by atomic mass is 10.5. The summed E-state index contributed by atoms with van der Waals surface area (Å²) in [6.07, 6.45) is 0. The molecule has 0 aliphatic heterocycles.